The largest absolute Gasteiger partial charge is 0.497 e. The Morgan fingerprint density at radius 3 is 2.46 bits per heavy atom. The highest BCUT2D eigenvalue weighted by Gasteiger charge is 2.14. The summed E-state index contributed by atoms with van der Waals surface area (Å²) in [6, 6.07) is 19.9. The van der Waals surface area contributed by atoms with Crippen LogP contribution < -0.4 is 9.57 Å². The Kier molecular flexibility index (Phi) is 4.27. The number of imidazole rings is 1. The molecule has 0 fully saturated rings. The number of rotatable bonds is 5. The van der Waals surface area contributed by atoms with Gasteiger partial charge in [-0.15, -0.1) is 0 Å². The molecule has 0 N–H and O–H groups in total. The molecule has 0 saturated carbocycles. The molecule has 0 atom stereocenters. The third-order valence-electron chi connectivity index (χ3n) is 4.22. The van der Waals surface area contributed by atoms with E-state index in [1.807, 2.05) is 36.4 Å². The summed E-state index contributed by atoms with van der Waals surface area (Å²) < 4.78 is 6.99. The predicted octanol–water partition coefficient (Wildman–Crippen LogP) is 4.04. The van der Waals surface area contributed by atoms with E-state index in [9.17, 15) is 0 Å². The molecule has 0 bridgehead atoms. The molecule has 0 unspecified atom stereocenters. The molecule has 2 aromatic heterocycles. The Balaban J connectivity index is 1.72. The molecule has 2 aromatic carbocycles. The van der Waals surface area contributed by atoms with Gasteiger partial charge in [0.05, 0.1) is 7.11 Å². The molecular formula is C21H19N3O2. The van der Waals surface area contributed by atoms with Crippen LogP contribution in [0.5, 0.6) is 5.75 Å². The molecular weight excluding hydrogens is 326 g/mol. The van der Waals surface area contributed by atoms with Crippen LogP contribution in [0.1, 0.15) is 11.1 Å². The fourth-order valence-corrected chi connectivity index (χ4v) is 2.77. The van der Waals surface area contributed by atoms with E-state index in [0.29, 0.717) is 18.1 Å². The molecule has 0 saturated heterocycles. The first kappa shape index (κ1) is 16.1. The van der Waals surface area contributed by atoms with E-state index in [2.05, 4.69) is 41.2 Å². The Morgan fingerprint density at radius 2 is 1.73 bits per heavy atom. The molecule has 5 heteroatoms. The zero-order valence-electron chi connectivity index (χ0n) is 14.7. The van der Waals surface area contributed by atoms with Gasteiger partial charge >= 0.3 is 0 Å². The Morgan fingerprint density at radius 1 is 0.962 bits per heavy atom. The number of methoxy groups -OCH3 is 1. The Labute approximate surface area is 151 Å². The highest BCUT2D eigenvalue weighted by Crippen LogP contribution is 2.25. The van der Waals surface area contributed by atoms with E-state index < -0.39 is 0 Å². The van der Waals surface area contributed by atoms with Crippen LogP contribution in [-0.4, -0.2) is 21.8 Å². The lowest BCUT2D eigenvalue weighted by Crippen LogP contribution is -2.12. The molecule has 4 aromatic rings. The van der Waals surface area contributed by atoms with Crippen molar-refractivity contribution in [2.24, 2.45) is 0 Å². The van der Waals surface area contributed by atoms with Crippen LogP contribution in [0, 0.1) is 6.92 Å². The normalized spacial score (nSPS) is 10.8. The molecule has 0 radical (unpaired) electrons. The van der Waals surface area contributed by atoms with Gasteiger partial charge < -0.3 is 9.57 Å². The standard InChI is InChI=1S/C21H19N3O2/c1-15-5-7-16(8-6-15)14-26-24-19-4-3-13-22-20(19)23-21(24)17-9-11-18(25-2)12-10-17/h3-13H,14H2,1-2H3. The van der Waals surface area contributed by atoms with Crippen LogP contribution in [0.3, 0.4) is 0 Å². The third-order valence-corrected chi connectivity index (χ3v) is 4.22. The average Bonchev–Trinajstić information content (AvgIpc) is 3.06. The van der Waals surface area contributed by atoms with E-state index in [0.717, 1.165) is 22.4 Å². The van der Waals surface area contributed by atoms with E-state index in [1.54, 1.807) is 18.0 Å². The minimum atomic E-state index is 0.448. The summed E-state index contributed by atoms with van der Waals surface area (Å²) in [5.74, 6) is 1.52. The first-order valence-electron chi connectivity index (χ1n) is 8.41. The number of hydrogen-bond acceptors (Lipinski definition) is 4. The Hall–Kier alpha value is -3.34. The lowest BCUT2D eigenvalue weighted by atomic mass is 10.2. The second-order valence-electron chi connectivity index (χ2n) is 6.06. The minimum Gasteiger partial charge on any atom is -0.497 e. The van der Waals surface area contributed by atoms with Crippen molar-refractivity contribution in [1.29, 1.82) is 0 Å². The van der Waals surface area contributed by atoms with E-state index in [-0.39, 0.29) is 0 Å². The van der Waals surface area contributed by atoms with Gasteiger partial charge in [0.1, 0.15) is 17.9 Å². The van der Waals surface area contributed by atoms with Gasteiger partial charge in [-0.2, -0.15) is 4.73 Å². The number of aryl methyl sites for hydroxylation is 1. The van der Waals surface area contributed by atoms with Crippen LogP contribution in [0.2, 0.25) is 0 Å². The van der Waals surface area contributed by atoms with Gasteiger partial charge in [-0.25, -0.2) is 9.97 Å². The van der Waals surface area contributed by atoms with Crippen molar-refractivity contribution >= 4 is 11.2 Å². The van der Waals surface area contributed by atoms with Crippen molar-refractivity contribution in [1.82, 2.24) is 14.7 Å². The molecule has 2 heterocycles. The number of fused-ring (bicyclic) bond motifs is 1. The maximum atomic E-state index is 6.11. The molecule has 0 spiro atoms. The highest BCUT2D eigenvalue weighted by atomic mass is 16.7. The first-order chi connectivity index (χ1) is 12.7. The van der Waals surface area contributed by atoms with Crippen molar-refractivity contribution < 1.29 is 9.57 Å². The van der Waals surface area contributed by atoms with Gasteiger partial charge in [-0.05, 0) is 48.9 Å². The minimum absolute atomic E-state index is 0.448. The summed E-state index contributed by atoms with van der Waals surface area (Å²) in [5.41, 5.74) is 4.76. The molecule has 0 aliphatic carbocycles. The van der Waals surface area contributed by atoms with Crippen molar-refractivity contribution in [3.05, 3.63) is 78.0 Å². The second kappa shape index (κ2) is 6.88. The van der Waals surface area contributed by atoms with E-state index >= 15 is 0 Å². The number of nitrogens with zero attached hydrogens (tertiary/aromatic N) is 3. The third kappa shape index (κ3) is 3.11. The van der Waals surface area contributed by atoms with Crippen molar-refractivity contribution in [2.45, 2.75) is 13.5 Å². The topological polar surface area (TPSA) is 49.2 Å². The molecule has 26 heavy (non-hydrogen) atoms. The molecule has 0 aliphatic heterocycles. The lowest BCUT2D eigenvalue weighted by molar-refractivity contribution is 0.110. The molecule has 4 rings (SSSR count). The predicted molar refractivity (Wildman–Crippen MR) is 101 cm³/mol. The fourth-order valence-electron chi connectivity index (χ4n) is 2.77. The van der Waals surface area contributed by atoms with E-state index in [4.69, 9.17) is 9.57 Å². The lowest BCUT2D eigenvalue weighted by Gasteiger charge is -2.11. The van der Waals surface area contributed by atoms with Gasteiger partial charge in [0, 0.05) is 11.8 Å². The summed E-state index contributed by atoms with van der Waals surface area (Å²) in [6.45, 7) is 2.52. The summed E-state index contributed by atoms with van der Waals surface area (Å²) in [7, 11) is 1.65. The fraction of sp³-hybridized carbons (Fsp3) is 0.143. The molecule has 5 nitrogen and oxygen atoms in total. The molecule has 0 amide bonds. The smallest absolute Gasteiger partial charge is 0.181 e. The summed E-state index contributed by atoms with van der Waals surface area (Å²) in [6.07, 6.45) is 1.73. The van der Waals surface area contributed by atoms with Crippen LogP contribution in [0.25, 0.3) is 22.6 Å². The van der Waals surface area contributed by atoms with Gasteiger partial charge in [-0.1, -0.05) is 29.8 Å². The van der Waals surface area contributed by atoms with Gasteiger partial charge in [0.15, 0.2) is 11.5 Å². The zero-order chi connectivity index (χ0) is 17.9. The summed E-state index contributed by atoms with van der Waals surface area (Å²) >= 11 is 0. The van der Waals surface area contributed by atoms with Crippen molar-refractivity contribution in [2.75, 3.05) is 7.11 Å². The maximum Gasteiger partial charge on any atom is 0.181 e. The number of benzene rings is 2. The van der Waals surface area contributed by atoms with Gasteiger partial charge in [0.25, 0.3) is 0 Å². The summed E-state index contributed by atoms with van der Waals surface area (Å²) in [4.78, 5) is 15.1. The number of aromatic nitrogens is 3. The quantitative estimate of drug-likeness (QED) is 0.548. The number of hydrogen-bond donors (Lipinski definition) is 0. The van der Waals surface area contributed by atoms with Gasteiger partial charge in [0.2, 0.25) is 0 Å². The maximum absolute atomic E-state index is 6.11. The monoisotopic (exact) mass is 345 g/mol. The second-order valence-corrected chi connectivity index (χ2v) is 6.06. The van der Waals surface area contributed by atoms with Crippen LogP contribution in [0.15, 0.2) is 66.9 Å². The first-order valence-corrected chi connectivity index (χ1v) is 8.41. The van der Waals surface area contributed by atoms with Crippen molar-refractivity contribution in [3.8, 4) is 17.1 Å². The number of ether oxygens (including phenoxy) is 1. The number of pyridine rings is 1. The van der Waals surface area contributed by atoms with Gasteiger partial charge in [-0.3, -0.25) is 0 Å². The van der Waals surface area contributed by atoms with Crippen molar-refractivity contribution in [3.63, 3.8) is 0 Å². The SMILES string of the molecule is COc1ccc(-c2nc3ncccc3n2OCc2ccc(C)cc2)cc1. The zero-order valence-corrected chi connectivity index (χ0v) is 14.7. The summed E-state index contributed by atoms with van der Waals surface area (Å²) in [5, 5.41) is 0. The van der Waals surface area contributed by atoms with E-state index in [1.165, 1.54) is 5.56 Å². The van der Waals surface area contributed by atoms with Crippen LogP contribution >= 0.6 is 0 Å². The van der Waals surface area contributed by atoms with Crippen LogP contribution in [0.4, 0.5) is 0 Å². The average molecular weight is 345 g/mol. The molecule has 130 valence electrons. The van der Waals surface area contributed by atoms with Crippen LogP contribution in [-0.2, 0) is 6.61 Å². The Bertz CT molecular complexity index is 1020. The molecule has 0 aliphatic rings. The highest BCUT2D eigenvalue weighted by molar-refractivity contribution is 5.76.